The van der Waals surface area contributed by atoms with Crippen LogP contribution in [0.15, 0.2) is 24.4 Å². The third-order valence-corrected chi connectivity index (χ3v) is 3.17. The molecule has 20 heavy (non-hydrogen) atoms. The van der Waals surface area contributed by atoms with E-state index < -0.39 is 5.97 Å². The Balaban J connectivity index is 2.59. The van der Waals surface area contributed by atoms with Crippen molar-refractivity contribution >= 4 is 5.97 Å². The fourth-order valence-corrected chi connectivity index (χ4v) is 2.12. The van der Waals surface area contributed by atoms with Gasteiger partial charge in [-0.15, -0.1) is 0 Å². The van der Waals surface area contributed by atoms with Gasteiger partial charge in [0.15, 0.2) is 0 Å². The highest BCUT2D eigenvalue weighted by atomic mass is 16.5. The Kier molecular flexibility index (Phi) is 3.53. The van der Waals surface area contributed by atoms with Gasteiger partial charge in [-0.05, 0) is 23.6 Å². The summed E-state index contributed by atoms with van der Waals surface area (Å²) in [6.45, 7) is 6.25. The summed E-state index contributed by atoms with van der Waals surface area (Å²) in [5.74, 6) is -0.209. The molecule has 0 saturated heterocycles. The number of aromatic amines is 1. The van der Waals surface area contributed by atoms with Crippen molar-refractivity contribution in [3.8, 4) is 17.0 Å². The molecule has 0 aliphatic heterocycles. The molecule has 5 nitrogen and oxygen atoms in total. The topological polar surface area (TPSA) is 75.2 Å². The second-order valence-corrected chi connectivity index (χ2v) is 5.63. The van der Waals surface area contributed by atoms with Crippen molar-refractivity contribution in [1.29, 1.82) is 0 Å². The first-order chi connectivity index (χ1) is 9.34. The summed E-state index contributed by atoms with van der Waals surface area (Å²) >= 11 is 0. The number of H-pyrrole nitrogens is 1. The van der Waals surface area contributed by atoms with Gasteiger partial charge in [-0.25, -0.2) is 4.79 Å². The zero-order chi connectivity index (χ0) is 14.9. The maximum Gasteiger partial charge on any atom is 0.339 e. The van der Waals surface area contributed by atoms with E-state index in [1.165, 1.54) is 6.20 Å². The first-order valence-electron chi connectivity index (χ1n) is 6.30. The van der Waals surface area contributed by atoms with Crippen LogP contribution in [0.25, 0.3) is 11.3 Å². The first-order valence-corrected chi connectivity index (χ1v) is 6.30. The number of rotatable bonds is 3. The standard InChI is InChI=1S/C15H18N2O3/c1-15(2,3)11-7-9(5-6-12(11)20-4)13-10(14(18)19)8-16-17-13/h5-8H,1-4H3,(H,16,17)(H,18,19). The number of methoxy groups -OCH3 is 1. The van der Waals surface area contributed by atoms with Crippen LogP contribution in [0.3, 0.4) is 0 Å². The zero-order valence-corrected chi connectivity index (χ0v) is 12.0. The highest BCUT2D eigenvalue weighted by molar-refractivity contribution is 5.94. The monoisotopic (exact) mass is 274 g/mol. The van der Waals surface area contributed by atoms with Crippen molar-refractivity contribution < 1.29 is 14.6 Å². The molecule has 1 heterocycles. The molecule has 106 valence electrons. The summed E-state index contributed by atoms with van der Waals surface area (Å²) in [6, 6.07) is 5.62. The van der Waals surface area contributed by atoms with Gasteiger partial charge in [0.25, 0.3) is 0 Å². The molecule has 1 aromatic heterocycles. The molecule has 1 aromatic carbocycles. The molecular weight excluding hydrogens is 256 g/mol. The lowest BCUT2D eigenvalue weighted by atomic mass is 9.85. The van der Waals surface area contributed by atoms with E-state index in [2.05, 4.69) is 31.0 Å². The van der Waals surface area contributed by atoms with Gasteiger partial charge in [-0.1, -0.05) is 20.8 Å². The van der Waals surface area contributed by atoms with Crippen LogP contribution in [0.2, 0.25) is 0 Å². The lowest BCUT2D eigenvalue weighted by Gasteiger charge is -2.22. The van der Waals surface area contributed by atoms with Gasteiger partial charge in [0.1, 0.15) is 11.3 Å². The Morgan fingerprint density at radius 1 is 1.35 bits per heavy atom. The maximum atomic E-state index is 11.2. The average Bonchev–Trinajstić information content (AvgIpc) is 2.86. The second-order valence-electron chi connectivity index (χ2n) is 5.63. The molecule has 0 atom stereocenters. The highest BCUT2D eigenvalue weighted by Gasteiger charge is 2.21. The van der Waals surface area contributed by atoms with Crippen LogP contribution in [0.4, 0.5) is 0 Å². The van der Waals surface area contributed by atoms with E-state index in [-0.39, 0.29) is 11.0 Å². The fourth-order valence-electron chi connectivity index (χ4n) is 2.12. The summed E-state index contributed by atoms with van der Waals surface area (Å²) in [4.78, 5) is 11.2. The van der Waals surface area contributed by atoms with Crippen LogP contribution in [-0.4, -0.2) is 28.4 Å². The van der Waals surface area contributed by atoms with E-state index in [9.17, 15) is 4.79 Å². The molecule has 0 saturated carbocycles. The number of aromatic nitrogens is 2. The normalized spacial score (nSPS) is 11.4. The Bertz CT molecular complexity index is 639. The number of hydrogen-bond acceptors (Lipinski definition) is 3. The van der Waals surface area contributed by atoms with Crippen LogP contribution in [-0.2, 0) is 5.41 Å². The van der Waals surface area contributed by atoms with Crippen LogP contribution < -0.4 is 4.74 Å². The van der Waals surface area contributed by atoms with Gasteiger partial charge in [-0.3, -0.25) is 5.10 Å². The van der Waals surface area contributed by atoms with Gasteiger partial charge in [0.2, 0.25) is 0 Å². The molecular formula is C15H18N2O3. The lowest BCUT2D eigenvalue weighted by Crippen LogP contribution is -2.13. The maximum absolute atomic E-state index is 11.2. The molecule has 0 spiro atoms. The molecule has 0 unspecified atom stereocenters. The molecule has 2 rings (SSSR count). The number of nitrogens with zero attached hydrogens (tertiary/aromatic N) is 1. The number of carbonyl (C=O) groups is 1. The van der Waals surface area contributed by atoms with E-state index in [0.717, 1.165) is 16.9 Å². The number of benzene rings is 1. The molecule has 0 aliphatic carbocycles. The van der Waals surface area contributed by atoms with Gasteiger partial charge >= 0.3 is 5.97 Å². The van der Waals surface area contributed by atoms with Crippen molar-refractivity contribution in [2.75, 3.05) is 7.11 Å². The van der Waals surface area contributed by atoms with Crippen LogP contribution in [0.5, 0.6) is 5.75 Å². The summed E-state index contributed by atoms with van der Waals surface area (Å²) in [5.41, 5.74) is 2.36. The Labute approximate surface area is 117 Å². The number of carboxylic acids is 1. The van der Waals surface area contributed by atoms with Crippen LogP contribution in [0.1, 0.15) is 36.7 Å². The number of carboxylic acid groups (broad SMARTS) is 1. The SMILES string of the molecule is COc1ccc(-c2[nH]ncc2C(=O)O)cc1C(C)(C)C. The summed E-state index contributed by atoms with van der Waals surface area (Å²) in [7, 11) is 1.63. The predicted molar refractivity (Wildman–Crippen MR) is 76.2 cm³/mol. The van der Waals surface area contributed by atoms with Gasteiger partial charge in [0, 0.05) is 11.1 Å². The summed E-state index contributed by atoms with van der Waals surface area (Å²) in [6.07, 6.45) is 1.32. The number of nitrogens with one attached hydrogen (secondary N) is 1. The highest BCUT2D eigenvalue weighted by Crippen LogP contribution is 2.35. The quantitative estimate of drug-likeness (QED) is 0.901. The third kappa shape index (κ3) is 2.52. The Morgan fingerprint density at radius 2 is 2.05 bits per heavy atom. The van der Waals surface area contributed by atoms with Crippen molar-refractivity contribution in [2.45, 2.75) is 26.2 Å². The van der Waals surface area contributed by atoms with Gasteiger partial charge in [0.05, 0.1) is 19.0 Å². The van der Waals surface area contributed by atoms with Crippen LogP contribution in [0, 0.1) is 0 Å². The molecule has 0 amide bonds. The van der Waals surface area contributed by atoms with Crippen molar-refractivity contribution in [3.63, 3.8) is 0 Å². The molecule has 0 radical (unpaired) electrons. The predicted octanol–water partition coefficient (Wildman–Crippen LogP) is 3.08. The first kappa shape index (κ1) is 14.1. The minimum Gasteiger partial charge on any atom is -0.496 e. The smallest absolute Gasteiger partial charge is 0.339 e. The van der Waals surface area contributed by atoms with E-state index in [1.54, 1.807) is 7.11 Å². The van der Waals surface area contributed by atoms with Crippen molar-refractivity contribution in [3.05, 3.63) is 35.5 Å². The zero-order valence-electron chi connectivity index (χ0n) is 12.0. The molecule has 0 aliphatic rings. The van der Waals surface area contributed by atoms with Gasteiger partial charge < -0.3 is 9.84 Å². The van der Waals surface area contributed by atoms with E-state index in [0.29, 0.717) is 5.69 Å². The molecule has 0 fully saturated rings. The third-order valence-electron chi connectivity index (χ3n) is 3.17. The summed E-state index contributed by atoms with van der Waals surface area (Å²) in [5, 5.41) is 15.7. The largest absolute Gasteiger partial charge is 0.496 e. The molecule has 2 N–H and O–H groups in total. The summed E-state index contributed by atoms with van der Waals surface area (Å²) < 4.78 is 5.38. The lowest BCUT2D eigenvalue weighted by molar-refractivity contribution is 0.0698. The Morgan fingerprint density at radius 3 is 2.60 bits per heavy atom. The molecule has 2 aromatic rings. The van der Waals surface area contributed by atoms with E-state index >= 15 is 0 Å². The van der Waals surface area contributed by atoms with E-state index in [4.69, 9.17) is 9.84 Å². The minimum atomic E-state index is -0.998. The Hall–Kier alpha value is -2.30. The van der Waals surface area contributed by atoms with E-state index in [1.807, 2.05) is 18.2 Å². The minimum absolute atomic E-state index is 0.106. The molecule has 5 heteroatoms. The second kappa shape index (κ2) is 5.00. The fraction of sp³-hybridized carbons (Fsp3) is 0.333. The molecule has 0 bridgehead atoms. The van der Waals surface area contributed by atoms with Crippen molar-refractivity contribution in [2.24, 2.45) is 0 Å². The average molecular weight is 274 g/mol. The number of aromatic carboxylic acids is 1. The van der Waals surface area contributed by atoms with Crippen LogP contribution >= 0.6 is 0 Å². The number of ether oxygens (including phenoxy) is 1. The van der Waals surface area contributed by atoms with Gasteiger partial charge in [-0.2, -0.15) is 5.10 Å². The van der Waals surface area contributed by atoms with Crippen molar-refractivity contribution in [1.82, 2.24) is 10.2 Å². The number of hydrogen-bond donors (Lipinski definition) is 2.